The highest BCUT2D eigenvalue weighted by molar-refractivity contribution is 5.18. The molecule has 0 saturated heterocycles. The molecule has 1 N–H and O–H groups in total. The molecule has 2 heteroatoms. The fraction of sp³-hybridized carbons (Fsp3) is 0.800. The van der Waals surface area contributed by atoms with Crippen molar-refractivity contribution in [2.75, 3.05) is 7.05 Å². The maximum absolute atomic E-state index is 3.43. The summed E-state index contributed by atoms with van der Waals surface area (Å²) < 4.78 is 0. The van der Waals surface area contributed by atoms with E-state index < -0.39 is 0 Å². The zero-order chi connectivity index (χ0) is 8.77. The molecule has 0 bridgehead atoms. The summed E-state index contributed by atoms with van der Waals surface area (Å²) in [6.07, 6.45) is 6.15. The molecule has 2 aliphatic rings. The third-order valence-corrected chi connectivity index (χ3v) is 2.96. The van der Waals surface area contributed by atoms with Crippen LogP contribution in [0.5, 0.6) is 0 Å². The number of rotatable bonds is 0. The lowest BCUT2D eigenvalue weighted by molar-refractivity contribution is 0.238. The molecule has 0 spiro atoms. The number of fused-ring (bicyclic) bond motifs is 1. The van der Waals surface area contributed by atoms with Gasteiger partial charge in [-0.05, 0) is 30.3 Å². The highest BCUT2D eigenvalue weighted by Crippen LogP contribution is 2.39. The maximum atomic E-state index is 3.43. The van der Waals surface area contributed by atoms with Crippen molar-refractivity contribution in [1.82, 2.24) is 10.4 Å². The highest BCUT2D eigenvalue weighted by atomic mass is 15.5. The van der Waals surface area contributed by atoms with Gasteiger partial charge in [-0.2, -0.15) is 0 Å². The number of hydrogen-bond donors (Lipinski definition) is 1. The SMILES string of the molecule is CN1C=C2CC(C)(C)CCC2N1. The minimum Gasteiger partial charge on any atom is -0.318 e. The van der Waals surface area contributed by atoms with Crippen LogP contribution in [0.4, 0.5) is 0 Å². The Balaban J connectivity index is 2.13. The van der Waals surface area contributed by atoms with Crippen LogP contribution in [-0.2, 0) is 0 Å². The molecule has 1 unspecified atom stereocenters. The largest absolute Gasteiger partial charge is 0.318 e. The van der Waals surface area contributed by atoms with Gasteiger partial charge in [0.05, 0.1) is 0 Å². The number of hydrazine groups is 1. The standard InChI is InChI=1S/C10H18N2/c1-10(2)5-4-9-8(6-10)7-12(3)11-9/h7,9,11H,4-6H2,1-3H3. The third-order valence-electron chi connectivity index (χ3n) is 2.96. The van der Waals surface area contributed by atoms with Crippen molar-refractivity contribution in [2.45, 2.75) is 39.2 Å². The Morgan fingerprint density at radius 1 is 1.58 bits per heavy atom. The van der Waals surface area contributed by atoms with Crippen molar-refractivity contribution in [1.29, 1.82) is 0 Å². The summed E-state index contributed by atoms with van der Waals surface area (Å²) in [4.78, 5) is 0. The molecular weight excluding hydrogens is 148 g/mol. The van der Waals surface area contributed by atoms with Crippen LogP contribution in [0, 0.1) is 5.41 Å². The monoisotopic (exact) mass is 166 g/mol. The van der Waals surface area contributed by atoms with E-state index in [1.165, 1.54) is 19.3 Å². The molecule has 0 radical (unpaired) electrons. The lowest BCUT2D eigenvalue weighted by atomic mass is 9.74. The summed E-state index contributed by atoms with van der Waals surface area (Å²) >= 11 is 0. The van der Waals surface area contributed by atoms with Gasteiger partial charge in [0.15, 0.2) is 0 Å². The van der Waals surface area contributed by atoms with Crippen LogP contribution >= 0.6 is 0 Å². The van der Waals surface area contributed by atoms with E-state index in [1.807, 2.05) is 0 Å². The second kappa shape index (κ2) is 2.49. The van der Waals surface area contributed by atoms with E-state index >= 15 is 0 Å². The van der Waals surface area contributed by atoms with E-state index in [0.29, 0.717) is 11.5 Å². The van der Waals surface area contributed by atoms with Gasteiger partial charge in [-0.3, -0.25) is 0 Å². The van der Waals surface area contributed by atoms with E-state index in [2.05, 4.69) is 37.5 Å². The highest BCUT2D eigenvalue weighted by Gasteiger charge is 2.33. The first-order valence-corrected chi connectivity index (χ1v) is 4.76. The molecule has 2 rings (SSSR count). The summed E-state index contributed by atoms with van der Waals surface area (Å²) in [6.45, 7) is 4.73. The first-order valence-electron chi connectivity index (χ1n) is 4.76. The number of hydrogen-bond acceptors (Lipinski definition) is 2. The van der Waals surface area contributed by atoms with Crippen LogP contribution in [0.15, 0.2) is 11.8 Å². The Kier molecular flexibility index (Phi) is 1.69. The molecule has 0 amide bonds. The lowest BCUT2D eigenvalue weighted by Gasteiger charge is -2.33. The molecule has 1 fully saturated rings. The topological polar surface area (TPSA) is 15.3 Å². The predicted octanol–water partition coefficient (Wildman–Crippen LogP) is 1.90. The van der Waals surface area contributed by atoms with E-state index in [1.54, 1.807) is 5.57 Å². The Hall–Kier alpha value is -0.500. The normalized spacial score (nSPS) is 33.1. The maximum Gasteiger partial charge on any atom is 0.0489 e. The summed E-state index contributed by atoms with van der Waals surface area (Å²) in [5, 5.41) is 2.10. The molecule has 0 aromatic rings. The summed E-state index contributed by atoms with van der Waals surface area (Å²) in [6, 6.07) is 0.642. The van der Waals surface area contributed by atoms with Gasteiger partial charge < -0.3 is 5.01 Å². The van der Waals surface area contributed by atoms with Gasteiger partial charge in [-0.25, -0.2) is 5.43 Å². The minimum atomic E-state index is 0.523. The first-order chi connectivity index (χ1) is 5.57. The van der Waals surface area contributed by atoms with Crippen molar-refractivity contribution in [2.24, 2.45) is 5.41 Å². The molecule has 1 atom stereocenters. The van der Waals surface area contributed by atoms with Gasteiger partial charge in [0.2, 0.25) is 0 Å². The number of nitrogens with zero attached hydrogens (tertiary/aromatic N) is 1. The van der Waals surface area contributed by atoms with E-state index in [-0.39, 0.29) is 0 Å². The molecule has 1 aliphatic carbocycles. The summed E-state index contributed by atoms with van der Waals surface area (Å²) in [5.41, 5.74) is 5.55. The fourth-order valence-electron chi connectivity index (χ4n) is 2.30. The average molecular weight is 166 g/mol. The van der Waals surface area contributed by atoms with Crippen LogP contribution in [0.1, 0.15) is 33.1 Å². The van der Waals surface area contributed by atoms with Crippen LogP contribution in [0.2, 0.25) is 0 Å². The van der Waals surface area contributed by atoms with Gasteiger partial charge in [0.1, 0.15) is 0 Å². The smallest absolute Gasteiger partial charge is 0.0489 e. The van der Waals surface area contributed by atoms with E-state index in [0.717, 1.165) is 0 Å². The van der Waals surface area contributed by atoms with Crippen LogP contribution in [0.25, 0.3) is 0 Å². The first kappa shape index (κ1) is 8.11. The van der Waals surface area contributed by atoms with E-state index in [4.69, 9.17) is 0 Å². The molecular formula is C10H18N2. The van der Waals surface area contributed by atoms with Gasteiger partial charge in [-0.1, -0.05) is 13.8 Å². The molecule has 0 aromatic heterocycles. The number of nitrogens with one attached hydrogen (secondary N) is 1. The molecule has 1 heterocycles. The second-order valence-electron chi connectivity index (χ2n) is 4.88. The van der Waals surface area contributed by atoms with Gasteiger partial charge >= 0.3 is 0 Å². The summed E-state index contributed by atoms with van der Waals surface area (Å²) in [7, 11) is 2.08. The quantitative estimate of drug-likeness (QED) is 0.591. The zero-order valence-electron chi connectivity index (χ0n) is 8.22. The minimum absolute atomic E-state index is 0.523. The molecule has 0 aromatic carbocycles. The van der Waals surface area contributed by atoms with E-state index in [9.17, 15) is 0 Å². The summed E-state index contributed by atoms with van der Waals surface area (Å²) in [5.74, 6) is 0. The van der Waals surface area contributed by atoms with Gasteiger partial charge in [0, 0.05) is 19.3 Å². The Labute approximate surface area is 74.6 Å². The molecule has 12 heavy (non-hydrogen) atoms. The fourth-order valence-corrected chi connectivity index (χ4v) is 2.30. The Morgan fingerprint density at radius 2 is 2.33 bits per heavy atom. The van der Waals surface area contributed by atoms with Gasteiger partial charge in [0.25, 0.3) is 0 Å². The predicted molar refractivity (Wildman–Crippen MR) is 50.4 cm³/mol. The molecule has 1 aliphatic heterocycles. The van der Waals surface area contributed by atoms with Crippen molar-refractivity contribution in [3.63, 3.8) is 0 Å². The van der Waals surface area contributed by atoms with Crippen LogP contribution < -0.4 is 5.43 Å². The third kappa shape index (κ3) is 1.36. The molecule has 1 saturated carbocycles. The van der Waals surface area contributed by atoms with Crippen molar-refractivity contribution in [3.05, 3.63) is 11.8 Å². The van der Waals surface area contributed by atoms with Crippen molar-refractivity contribution >= 4 is 0 Å². The van der Waals surface area contributed by atoms with Crippen LogP contribution in [0.3, 0.4) is 0 Å². The van der Waals surface area contributed by atoms with Gasteiger partial charge in [-0.15, -0.1) is 0 Å². The van der Waals surface area contributed by atoms with Crippen LogP contribution in [-0.4, -0.2) is 18.1 Å². The molecule has 2 nitrogen and oxygen atoms in total. The zero-order valence-corrected chi connectivity index (χ0v) is 8.22. The Morgan fingerprint density at radius 3 is 3.08 bits per heavy atom. The lowest BCUT2D eigenvalue weighted by Crippen LogP contribution is -2.37. The Bertz CT molecular complexity index is 218. The average Bonchev–Trinajstić information content (AvgIpc) is 2.26. The van der Waals surface area contributed by atoms with Crippen molar-refractivity contribution < 1.29 is 0 Å². The van der Waals surface area contributed by atoms with Crippen molar-refractivity contribution in [3.8, 4) is 0 Å². The molecule has 68 valence electrons. The second-order valence-corrected chi connectivity index (χ2v) is 4.88.